The van der Waals surface area contributed by atoms with E-state index in [9.17, 15) is 4.79 Å². The van der Waals surface area contributed by atoms with Crippen molar-refractivity contribution in [3.63, 3.8) is 0 Å². The molecule has 3 aromatic rings. The van der Waals surface area contributed by atoms with Crippen LogP contribution >= 0.6 is 11.6 Å². The molecule has 164 valence electrons. The SMILES string of the molecule is O=C1NCCCc2cncc(c2)-c2ncnc(n2)Nc2cc(Cl)cc(c2)CN2CCC[C@@H]12. The number of benzene rings is 1. The predicted octanol–water partition coefficient (Wildman–Crippen LogP) is 3.36. The fraction of sp³-hybridized carbons (Fsp3) is 0.348. The Morgan fingerprint density at radius 3 is 2.94 bits per heavy atom. The lowest BCUT2D eigenvalue weighted by molar-refractivity contribution is -0.125. The first kappa shape index (κ1) is 20.8. The Hall–Kier alpha value is -3.10. The number of anilines is 2. The number of nitrogens with zero attached hydrogens (tertiary/aromatic N) is 5. The number of fused-ring (bicyclic) bond motifs is 8. The largest absolute Gasteiger partial charge is 0.355 e. The number of hydrogen-bond donors (Lipinski definition) is 2. The molecule has 0 unspecified atom stereocenters. The van der Waals surface area contributed by atoms with Gasteiger partial charge in [0.1, 0.15) is 6.33 Å². The van der Waals surface area contributed by atoms with Crippen molar-refractivity contribution in [2.45, 2.75) is 38.3 Å². The Balaban J connectivity index is 1.51. The molecule has 1 saturated heterocycles. The summed E-state index contributed by atoms with van der Waals surface area (Å²) in [4.78, 5) is 32.6. The van der Waals surface area contributed by atoms with Gasteiger partial charge >= 0.3 is 0 Å². The lowest BCUT2D eigenvalue weighted by Gasteiger charge is -2.24. The monoisotopic (exact) mass is 449 g/mol. The van der Waals surface area contributed by atoms with Gasteiger partial charge in [0, 0.05) is 41.8 Å². The maximum Gasteiger partial charge on any atom is 0.237 e. The standard InChI is InChI=1S/C23H24ClN7O/c24-18-8-16-9-19(10-18)29-23-28-14-27-21(30-23)17-7-15(11-25-12-17)3-1-5-26-22(32)20-4-2-6-31(20)13-16/h7-12,14,20H,1-6,13H2,(H,26,32)(H,27,28,29,30)/t20-/m0/s1. The Labute approximate surface area is 191 Å². The maximum absolute atomic E-state index is 12.8. The van der Waals surface area contributed by atoms with E-state index in [1.54, 1.807) is 6.20 Å². The van der Waals surface area contributed by atoms with Crippen molar-refractivity contribution in [2.75, 3.05) is 18.4 Å². The van der Waals surface area contributed by atoms with E-state index in [0.717, 1.165) is 54.6 Å². The predicted molar refractivity (Wildman–Crippen MR) is 123 cm³/mol. The Morgan fingerprint density at radius 2 is 2.00 bits per heavy atom. The zero-order valence-electron chi connectivity index (χ0n) is 17.6. The molecule has 2 aromatic heterocycles. The number of rotatable bonds is 0. The van der Waals surface area contributed by atoms with E-state index in [1.165, 1.54) is 6.33 Å². The lowest BCUT2D eigenvalue weighted by Crippen LogP contribution is -2.43. The van der Waals surface area contributed by atoms with Gasteiger partial charge in [0.2, 0.25) is 11.9 Å². The van der Waals surface area contributed by atoms with Crippen molar-refractivity contribution >= 4 is 29.1 Å². The first-order valence-corrected chi connectivity index (χ1v) is 11.2. The molecular weight excluding hydrogens is 426 g/mol. The van der Waals surface area contributed by atoms with Crippen LogP contribution in [-0.2, 0) is 17.8 Å². The van der Waals surface area contributed by atoms with Crippen molar-refractivity contribution in [3.8, 4) is 11.4 Å². The molecule has 0 radical (unpaired) electrons. The molecule has 1 fully saturated rings. The molecule has 2 aliphatic rings. The van der Waals surface area contributed by atoms with Gasteiger partial charge in [0.05, 0.1) is 6.04 Å². The van der Waals surface area contributed by atoms with Crippen molar-refractivity contribution in [1.29, 1.82) is 0 Å². The van der Waals surface area contributed by atoms with Crippen LogP contribution in [0.2, 0.25) is 5.02 Å². The van der Waals surface area contributed by atoms with E-state index < -0.39 is 0 Å². The fourth-order valence-corrected chi connectivity index (χ4v) is 4.61. The zero-order chi connectivity index (χ0) is 21.9. The molecule has 2 aliphatic heterocycles. The summed E-state index contributed by atoms with van der Waals surface area (Å²) in [5.74, 6) is 1.09. The Kier molecular flexibility index (Phi) is 5.96. The normalized spacial score (nSPS) is 19.3. The smallest absolute Gasteiger partial charge is 0.237 e. The highest BCUT2D eigenvalue weighted by Crippen LogP contribution is 2.26. The number of aryl methyl sites for hydroxylation is 1. The van der Waals surface area contributed by atoms with E-state index in [2.05, 4.69) is 35.5 Å². The zero-order valence-corrected chi connectivity index (χ0v) is 18.3. The van der Waals surface area contributed by atoms with Crippen LogP contribution in [0.25, 0.3) is 11.4 Å². The molecule has 6 bridgehead atoms. The number of pyridine rings is 1. The number of halogens is 1. The van der Waals surface area contributed by atoms with Gasteiger partial charge in [-0.2, -0.15) is 4.98 Å². The molecule has 5 rings (SSSR count). The van der Waals surface area contributed by atoms with Crippen LogP contribution < -0.4 is 10.6 Å². The quantitative estimate of drug-likeness (QED) is 0.543. The highest BCUT2D eigenvalue weighted by molar-refractivity contribution is 6.31. The average Bonchev–Trinajstić information content (AvgIpc) is 3.24. The maximum atomic E-state index is 12.8. The van der Waals surface area contributed by atoms with E-state index in [4.69, 9.17) is 11.6 Å². The summed E-state index contributed by atoms with van der Waals surface area (Å²) in [6.07, 6.45) is 8.61. The fourth-order valence-electron chi connectivity index (χ4n) is 4.35. The molecule has 0 saturated carbocycles. The summed E-state index contributed by atoms with van der Waals surface area (Å²) >= 11 is 6.40. The second-order valence-corrected chi connectivity index (χ2v) is 8.65. The Morgan fingerprint density at radius 1 is 1.06 bits per heavy atom. The van der Waals surface area contributed by atoms with E-state index in [0.29, 0.717) is 29.9 Å². The first-order chi connectivity index (χ1) is 15.6. The molecule has 1 atom stereocenters. The highest BCUT2D eigenvalue weighted by Gasteiger charge is 2.30. The molecular formula is C23H24ClN7O. The number of nitrogens with one attached hydrogen (secondary N) is 2. The number of amides is 1. The van der Waals surface area contributed by atoms with Gasteiger partial charge in [-0.05, 0) is 67.6 Å². The second kappa shape index (κ2) is 9.18. The molecule has 9 heteroatoms. The third-order valence-corrected chi connectivity index (χ3v) is 6.05. The van der Waals surface area contributed by atoms with Crippen molar-refractivity contribution in [3.05, 3.63) is 59.1 Å². The van der Waals surface area contributed by atoms with Gasteiger partial charge in [-0.3, -0.25) is 14.7 Å². The molecule has 0 spiro atoms. The summed E-state index contributed by atoms with van der Waals surface area (Å²) in [7, 11) is 0. The second-order valence-electron chi connectivity index (χ2n) is 8.21. The summed E-state index contributed by atoms with van der Waals surface area (Å²) in [6, 6.07) is 7.72. The van der Waals surface area contributed by atoms with Gasteiger partial charge in [0.25, 0.3) is 0 Å². The highest BCUT2D eigenvalue weighted by atomic mass is 35.5. The van der Waals surface area contributed by atoms with Crippen LogP contribution in [0, 0.1) is 0 Å². The van der Waals surface area contributed by atoms with Crippen LogP contribution in [0.1, 0.15) is 30.4 Å². The first-order valence-electron chi connectivity index (χ1n) is 10.9. The van der Waals surface area contributed by atoms with Gasteiger partial charge in [-0.1, -0.05) is 11.6 Å². The molecule has 0 aliphatic carbocycles. The van der Waals surface area contributed by atoms with Crippen LogP contribution in [0.15, 0.2) is 43.0 Å². The summed E-state index contributed by atoms with van der Waals surface area (Å²) in [5.41, 5.74) is 3.73. The van der Waals surface area contributed by atoms with Crippen LogP contribution in [0.4, 0.5) is 11.6 Å². The van der Waals surface area contributed by atoms with E-state index in [-0.39, 0.29) is 11.9 Å². The van der Waals surface area contributed by atoms with Gasteiger partial charge in [-0.15, -0.1) is 0 Å². The van der Waals surface area contributed by atoms with Crippen molar-refractivity contribution < 1.29 is 4.79 Å². The number of carbonyl (C=O) groups is 1. The van der Waals surface area contributed by atoms with E-state index in [1.807, 2.05) is 30.5 Å². The van der Waals surface area contributed by atoms with E-state index >= 15 is 0 Å². The molecule has 32 heavy (non-hydrogen) atoms. The Bertz CT molecular complexity index is 1140. The third-order valence-electron chi connectivity index (χ3n) is 5.83. The number of carbonyl (C=O) groups excluding carboxylic acids is 1. The molecule has 4 heterocycles. The van der Waals surface area contributed by atoms with Gasteiger partial charge in [-0.25, -0.2) is 9.97 Å². The third kappa shape index (κ3) is 4.71. The lowest BCUT2D eigenvalue weighted by atomic mass is 10.1. The molecule has 1 amide bonds. The summed E-state index contributed by atoms with van der Waals surface area (Å²) in [6.45, 7) is 2.18. The minimum atomic E-state index is -0.111. The topological polar surface area (TPSA) is 95.9 Å². The number of aromatic nitrogens is 4. The number of hydrogen-bond acceptors (Lipinski definition) is 7. The summed E-state index contributed by atoms with van der Waals surface area (Å²) in [5, 5.41) is 6.97. The van der Waals surface area contributed by atoms with Crippen molar-refractivity contribution in [1.82, 2.24) is 30.2 Å². The summed E-state index contributed by atoms with van der Waals surface area (Å²) < 4.78 is 0. The van der Waals surface area contributed by atoms with Crippen LogP contribution in [0.3, 0.4) is 0 Å². The minimum absolute atomic E-state index is 0.100. The molecule has 2 N–H and O–H groups in total. The van der Waals surface area contributed by atoms with Crippen LogP contribution in [-0.4, -0.2) is 49.9 Å². The van der Waals surface area contributed by atoms with Crippen molar-refractivity contribution in [2.24, 2.45) is 0 Å². The minimum Gasteiger partial charge on any atom is -0.355 e. The average molecular weight is 450 g/mol. The molecule has 8 nitrogen and oxygen atoms in total. The van der Waals surface area contributed by atoms with Gasteiger partial charge < -0.3 is 10.6 Å². The molecule has 1 aromatic carbocycles. The van der Waals surface area contributed by atoms with Crippen LogP contribution in [0.5, 0.6) is 0 Å². The van der Waals surface area contributed by atoms with Gasteiger partial charge in [0.15, 0.2) is 5.82 Å².